The minimum Gasteiger partial charge on any atom is -0.480 e. The van der Waals surface area contributed by atoms with Crippen molar-refractivity contribution in [2.24, 2.45) is 0 Å². The molecule has 1 N–H and O–H groups in total. The van der Waals surface area contributed by atoms with Crippen molar-refractivity contribution in [3.63, 3.8) is 0 Å². The van der Waals surface area contributed by atoms with Gasteiger partial charge in [-0.3, -0.25) is 4.79 Å². The van der Waals surface area contributed by atoms with Crippen molar-refractivity contribution in [2.45, 2.75) is 25.3 Å². The minimum atomic E-state index is -0.920. The molecule has 17 heavy (non-hydrogen) atoms. The van der Waals surface area contributed by atoms with Crippen LogP contribution in [0.2, 0.25) is 0 Å². The number of aliphatic carboxylic acids is 1. The number of ether oxygens (including phenoxy) is 2. The van der Waals surface area contributed by atoms with Gasteiger partial charge in [-0.15, -0.1) is 0 Å². The van der Waals surface area contributed by atoms with E-state index in [0.717, 1.165) is 6.42 Å². The second-order valence-electron chi connectivity index (χ2n) is 3.94. The third-order valence-corrected chi connectivity index (χ3v) is 2.75. The molecule has 1 aliphatic heterocycles. The number of nitrogens with zero attached hydrogens (tertiary/aromatic N) is 1. The monoisotopic (exact) mass is 245 g/mol. The van der Waals surface area contributed by atoms with Gasteiger partial charge in [0.1, 0.15) is 6.04 Å². The maximum absolute atomic E-state index is 11.7. The highest BCUT2D eigenvalue weighted by atomic mass is 16.5. The van der Waals surface area contributed by atoms with Crippen molar-refractivity contribution in [2.75, 3.05) is 33.5 Å². The van der Waals surface area contributed by atoms with Gasteiger partial charge in [0.05, 0.1) is 26.2 Å². The number of carboxylic acids is 1. The molecule has 1 rings (SSSR count). The van der Waals surface area contributed by atoms with Crippen molar-refractivity contribution in [3.05, 3.63) is 0 Å². The lowest BCUT2D eigenvalue weighted by Gasteiger charge is -2.21. The zero-order valence-corrected chi connectivity index (χ0v) is 10.1. The van der Waals surface area contributed by atoms with Crippen molar-refractivity contribution >= 4 is 11.9 Å². The average Bonchev–Trinajstić information content (AvgIpc) is 2.77. The Kier molecular flexibility index (Phi) is 5.93. The van der Waals surface area contributed by atoms with Crippen LogP contribution >= 0.6 is 0 Å². The van der Waals surface area contributed by atoms with Gasteiger partial charge in [-0.1, -0.05) is 0 Å². The van der Waals surface area contributed by atoms with Gasteiger partial charge >= 0.3 is 5.97 Å². The summed E-state index contributed by atoms with van der Waals surface area (Å²) in [5.41, 5.74) is 0. The van der Waals surface area contributed by atoms with E-state index in [-0.39, 0.29) is 12.3 Å². The first-order valence-electron chi connectivity index (χ1n) is 5.75. The van der Waals surface area contributed by atoms with E-state index in [1.807, 2.05) is 0 Å². The summed E-state index contributed by atoms with van der Waals surface area (Å²) in [6.07, 6.45) is 1.53. The fraction of sp³-hybridized carbons (Fsp3) is 0.818. The predicted molar refractivity (Wildman–Crippen MR) is 59.7 cm³/mol. The summed E-state index contributed by atoms with van der Waals surface area (Å²) < 4.78 is 9.98. The molecule has 1 aliphatic rings. The quantitative estimate of drug-likeness (QED) is 0.644. The van der Waals surface area contributed by atoms with Gasteiger partial charge < -0.3 is 19.5 Å². The standard InChI is InChI=1S/C11H19NO5/c1-16-7-8-17-6-4-10(13)12-5-2-3-9(12)11(14)15/h9H,2-8H2,1H3,(H,14,15). The molecule has 6 nitrogen and oxygen atoms in total. The molecule has 1 atom stereocenters. The number of likely N-dealkylation sites (tertiary alicyclic amines) is 1. The molecular formula is C11H19NO5. The third-order valence-electron chi connectivity index (χ3n) is 2.75. The van der Waals surface area contributed by atoms with Crippen LogP contribution in [-0.2, 0) is 19.1 Å². The molecule has 6 heteroatoms. The Morgan fingerprint density at radius 2 is 2.12 bits per heavy atom. The normalized spacial score (nSPS) is 19.6. The molecule has 1 heterocycles. The van der Waals surface area contributed by atoms with Crippen molar-refractivity contribution in [3.8, 4) is 0 Å². The van der Waals surface area contributed by atoms with Gasteiger partial charge in [0.15, 0.2) is 0 Å². The van der Waals surface area contributed by atoms with Gasteiger partial charge in [0.2, 0.25) is 5.91 Å². The molecule has 1 fully saturated rings. The summed E-state index contributed by atoms with van der Waals surface area (Å²) in [7, 11) is 1.58. The van der Waals surface area contributed by atoms with E-state index in [4.69, 9.17) is 14.6 Å². The second-order valence-corrected chi connectivity index (χ2v) is 3.94. The number of carbonyl (C=O) groups excluding carboxylic acids is 1. The van der Waals surface area contributed by atoms with Crippen LogP contribution in [0.5, 0.6) is 0 Å². The second kappa shape index (κ2) is 7.24. The number of hydrogen-bond donors (Lipinski definition) is 1. The molecule has 1 unspecified atom stereocenters. The number of hydrogen-bond acceptors (Lipinski definition) is 4. The molecule has 0 aromatic carbocycles. The fourth-order valence-electron chi connectivity index (χ4n) is 1.87. The highest BCUT2D eigenvalue weighted by Gasteiger charge is 2.33. The molecule has 98 valence electrons. The Morgan fingerprint density at radius 3 is 2.76 bits per heavy atom. The van der Waals surface area contributed by atoms with E-state index in [1.54, 1.807) is 7.11 Å². The molecule has 0 aromatic heterocycles. The average molecular weight is 245 g/mol. The molecule has 1 amide bonds. The van der Waals surface area contributed by atoms with Gasteiger partial charge in [-0.2, -0.15) is 0 Å². The van der Waals surface area contributed by atoms with Crippen LogP contribution in [0.15, 0.2) is 0 Å². The number of carbonyl (C=O) groups is 2. The maximum atomic E-state index is 11.7. The van der Waals surface area contributed by atoms with Crippen LogP contribution in [-0.4, -0.2) is 61.4 Å². The summed E-state index contributed by atoms with van der Waals surface area (Å²) in [6.45, 7) is 1.79. The predicted octanol–water partition coefficient (Wildman–Crippen LogP) is 0.115. The fourth-order valence-corrected chi connectivity index (χ4v) is 1.87. The third kappa shape index (κ3) is 4.32. The van der Waals surface area contributed by atoms with Crippen LogP contribution in [0.1, 0.15) is 19.3 Å². The van der Waals surface area contributed by atoms with Gasteiger partial charge in [0, 0.05) is 13.7 Å². The Labute approximate surface area is 100 Å². The molecule has 0 aliphatic carbocycles. The van der Waals surface area contributed by atoms with E-state index in [2.05, 4.69) is 0 Å². The Bertz CT molecular complexity index is 269. The lowest BCUT2D eigenvalue weighted by atomic mass is 10.2. The van der Waals surface area contributed by atoms with Crippen molar-refractivity contribution < 1.29 is 24.2 Å². The van der Waals surface area contributed by atoms with Gasteiger partial charge in [-0.25, -0.2) is 4.79 Å². The molecule has 0 bridgehead atoms. The molecular weight excluding hydrogens is 226 g/mol. The summed E-state index contributed by atoms with van der Waals surface area (Å²) in [6, 6.07) is -0.651. The number of methoxy groups -OCH3 is 1. The van der Waals surface area contributed by atoms with E-state index in [0.29, 0.717) is 32.8 Å². The number of rotatable bonds is 7. The van der Waals surface area contributed by atoms with E-state index >= 15 is 0 Å². The van der Waals surface area contributed by atoms with Crippen molar-refractivity contribution in [1.29, 1.82) is 0 Å². The smallest absolute Gasteiger partial charge is 0.326 e. The van der Waals surface area contributed by atoms with E-state index < -0.39 is 12.0 Å². The van der Waals surface area contributed by atoms with E-state index in [9.17, 15) is 9.59 Å². The molecule has 0 aromatic rings. The Hall–Kier alpha value is -1.14. The first kappa shape index (κ1) is 13.9. The summed E-state index contributed by atoms with van der Waals surface area (Å²) in [4.78, 5) is 24.1. The lowest BCUT2D eigenvalue weighted by molar-refractivity contribution is -0.148. The number of carboxylic acid groups (broad SMARTS) is 1. The zero-order valence-electron chi connectivity index (χ0n) is 10.1. The largest absolute Gasteiger partial charge is 0.480 e. The van der Waals surface area contributed by atoms with Crippen molar-refractivity contribution in [1.82, 2.24) is 4.90 Å². The first-order valence-corrected chi connectivity index (χ1v) is 5.75. The number of amides is 1. The summed E-state index contributed by atoms with van der Waals surface area (Å²) in [5.74, 6) is -1.07. The molecule has 0 radical (unpaired) electrons. The molecule has 0 saturated carbocycles. The molecule has 0 spiro atoms. The van der Waals surface area contributed by atoms with Crippen LogP contribution in [0.25, 0.3) is 0 Å². The first-order chi connectivity index (χ1) is 8.16. The topological polar surface area (TPSA) is 76.1 Å². The van der Waals surface area contributed by atoms with Crippen LogP contribution in [0, 0.1) is 0 Å². The summed E-state index contributed by atoms with van der Waals surface area (Å²) in [5, 5.41) is 8.93. The van der Waals surface area contributed by atoms with Crippen LogP contribution in [0.3, 0.4) is 0 Å². The summed E-state index contributed by atoms with van der Waals surface area (Å²) >= 11 is 0. The molecule has 1 saturated heterocycles. The highest BCUT2D eigenvalue weighted by Crippen LogP contribution is 2.18. The van der Waals surface area contributed by atoms with Crippen LogP contribution < -0.4 is 0 Å². The lowest BCUT2D eigenvalue weighted by Crippen LogP contribution is -2.40. The maximum Gasteiger partial charge on any atom is 0.326 e. The highest BCUT2D eigenvalue weighted by molar-refractivity contribution is 5.84. The van der Waals surface area contributed by atoms with E-state index in [1.165, 1.54) is 4.90 Å². The van der Waals surface area contributed by atoms with Gasteiger partial charge in [-0.05, 0) is 12.8 Å². The van der Waals surface area contributed by atoms with Crippen LogP contribution in [0.4, 0.5) is 0 Å². The Morgan fingerprint density at radius 1 is 1.35 bits per heavy atom. The van der Waals surface area contributed by atoms with Gasteiger partial charge in [0.25, 0.3) is 0 Å². The minimum absolute atomic E-state index is 0.146. The SMILES string of the molecule is COCCOCCC(=O)N1CCCC1C(=O)O. The Balaban J connectivity index is 2.25. The zero-order chi connectivity index (χ0) is 12.7.